The van der Waals surface area contributed by atoms with Gasteiger partial charge in [-0.05, 0) is 36.8 Å². The Bertz CT molecular complexity index is 659. The van der Waals surface area contributed by atoms with Gasteiger partial charge in [0.1, 0.15) is 11.9 Å². The number of carbonyl (C=O) groups is 2. The second-order valence-corrected chi connectivity index (χ2v) is 6.12. The van der Waals surface area contributed by atoms with Gasteiger partial charge in [0, 0.05) is 6.04 Å². The highest BCUT2D eigenvalue weighted by molar-refractivity contribution is 5.87. The number of carbonyl (C=O) groups excluding carboxylic acids is 1. The molecule has 1 aromatic rings. The zero-order chi connectivity index (χ0) is 16.6. The highest BCUT2D eigenvalue weighted by atomic mass is 19.1. The summed E-state index contributed by atoms with van der Waals surface area (Å²) in [5, 5.41) is 11.7. The molecule has 2 amide bonds. The lowest BCUT2D eigenvalue weighted by atomic mass is 10.1. The molecule has 3 rings (SSSR count). The number of halogens is 1. The van der Waals surface area contributed by atoms with E-state index in [0.29, 0.717) is 12.0 Å². The molecular formula is C17H19FN2O3. The Morgan fingerprint density at radius 1 is 1.30 bits per heavy atom. The van der Waals surface area contributed by atoms with Gasteiger partial charge >= 0.3 is 6.09 Å². The molecule has 122 valence electrons. The van der Waals surface area contributed by atoms with Gasteiger partial charge in [-0.2, -0.15) is 0 Å². The molecule has 0 bridgehead atoms. The number of benzene rings is 1. The van der Waals surface area contributed by atoms with E-state index in [9.17, 15) is 19.1 Å². The number of allylic oxidation sites excluding steroid dienone is 1. The summed E-state index contributed by atoms with van der Waals surface area (Å²) in [5.41, 5.74) is 1.23. The summed E-state index contributed by atoms with van der Waals surface area (Å²) in [7, 11) is 0. The van der Waals surface area contributed by atoms with Crippen LogP contribution in [0.3, 0.4) is 0 Å². The van der Waals surface area contributed by atoms with Gasteiger partial charge in [0.15, 0.2) is 0 Å². The van der Waals surface area contributed by atoms with Gasteiger partial charge in [0.05, 0.1) is 6.54 Å². The molecule has 3 atom stereocenters. The number of amides is 2. The fourth-order valence-corrected chi connectivity index (χ4v) is 3.23. The SMILES string of the molecule is C/C(=C(/F)CNC(=O)[C@@H]1C[C@H]2C[C@H]2N1C(=O)O)c1ccccc1. The van der Waals surface area contributed by atoms with Crippen LogP contribution < -0.4 is 5.32 Å². The zero-order valence-corrected chi connectivity index (χ0v) is 12.8. The highest BCUT2D eigenvalue weighted by Gasteiger charge is 2.56. The maximum atomic E-state index is 14.2. The summed E-state index contributed by atoms with van der Waals surface area (Å²) in [4.78, 5) is 24.6. The lowest BCUT2D eigenvalue weighted by Gasteiger charge is -2.23. The van der Waals surface area contributed by atoms with Gasteiger partial charge in [0.2, 0.25) is 5.91 Å². The summed E-state index contributed by atoms with van der Waals surface area (Å²) in [6.07, 6.45) is 0.287. The Morgan fingerprint density at radius 2 is 2.00 bits per heavy atom. The van der Waals surface area contributed by atoms with Crippen LogP contribution >= 0.6 is 0 Å². The molecule has 1 aliphatic heterocycles. The molecule has 23 heavy (non-hydrogen) atoms. The second-order valence-electron chi connectivity index (χ2n) is 6.12. The molecule has 2 N–H and O–H groups in total. The van der Waals surface area contributed by atoms with Crippen LogP contribution in [0.2, 0.25) is 0 Å². The number of rotatable bonds is 4. The Kier molecular flexibility index (Phi) is 4.07. The van der Waals surface area contributed by atoms with Crippen molar-refractivity contribution in [3.8, 4) is 0 Å². The van der Waals surface area contributed by atoms with Gasteiger partial charge in [0.25, 0.3) is 0 Å². The second kappa shape index (κ2) is 6.02. The first-order valence-corrected chi connectivity index (χ1v) is 7.68. The summed E-state index contributed by atoms with van der Waals surface area (Å²) in [5.74, 6) is -0.557. The first kappa shape index (κ1) is 15.5. The van der Waals surface area contributed by atoms with E-state index in [0.717, 1.165) is 12.0 Å². The number of carboxylic acid groups (broad SMARTS) is 1. The van der Waals surface area contributed by atoms with Crippen molar-refractivity contribution in [3.63, 3.8) is 0 Å². The van der Waals surface area contributed by atoms with E-state index in [-0.39, 0.29) is 18.5 Å². The fourth-order valence-electron chi connectivity index (χ4n) is 3.23. The van der Waals surface area contributed by atoms with E-state index in [4.69, 9.17) is 0 Å². The molecule has 0 unspecified atom stereocenters. The third kappa shape index (κ3) is 3.06. The Morgan fingerprint density at radius 3 is 2.65 bits per heavy atom. The summed E-state index contributed by atoms with van der Waals surface area (Å²) < 4.78 is 14.2. The Hall–Kier alpha value is -2.37. The lowest BCUT2D eigenvalue weighted by Crippen LogP contribution is -2.47. The average Bonchev–Trinajstić information content (AvgIpc) is 3.21. The topological polar surface area (TPSA) is 69.6 Å². The quantitative estimate of drug-likeness (QED) is 0.896. The van der Waals surface area contributed by atoms with Crippen LogP contribution in [0, 0.1) is 5.92 Å². The van der Waals surface area contributed by atoms with Crippen molar-refractivity contribution in [3.05, 3.63) is 41.7 Å². The first-order chi connectivity index (χ1) is 11.0. The van der Waals surface area contributed by atoms with Crippen molar-refractivity contribution in [2.24, 2.45) is 5.92 Å². The van der Waals surface area contributed by atoms with E-state index in [1.165, 1.54) is 4.90 Å². The van der Waals surface area contributed by atoms with Crippen LogP contribution in [0.4, 0.5) is 9.18 Å². The molecule has 0 aromatic heterocycles. The number of hydrogen-bond donors (Lipinski definition) is 2. The molecule has 2 aliphatic rings. The van der Waals surface area contributed by atoms with Crippen molar-refractivity contribution in [2.75, 3.05) is 6.54 Å². The number of nitrogens with one attached hydrogen (secondary N) is 1. The smallest absolute Gasteiger partial charge is 0.408 e. The van der Waals surface area contributed by atoms with Crippen LogP contribution in [0.15, 0.2) is 36.2 Å². The van der Waals surface area contributed by atoms with E-state index in [1.54, 1.807) is 19.1 Å². The van der Waals surface area contributed by atoms with E-state index >= 15 is 0 Å². The van der Waals surface area contributed by atoms with Crippen LogP contribution in [0.25, 0.3) is 5.57 Å². The number of fused-ring (bicyclic) bond motifs is 1. The third-order valence-corrected chi connectivity index (χ3v) is 4.66. The summed E-state index contributed by atoms with van der Waals surface area (Å²) in [6, 6.07) is 8.36. The standard InChI is InChI=1S/C17H19FN2O3/c1-10(11-5-3-2-4-6-11)13(18)9-19-16(21)15-8-12-7-14(12)20(15)17(22)23/h2-6,12,14-15H,7-9H2,1H3,(H,19,21)(H,22,23)/b13-10-/t12-,14-,15+/m1/s1. The van der Waals surface area contributed by atoms with Crippen LogP contribution in [0.1, 0.15) is 25.3 Å². The predicted molar refractivity (Wildman–Crippen MR) is 83.3 cm³/mol. The number of nitrogens with zero attached hydrogens (tertiary/aromatic N) is 1. The van der Waals surface area contributed by atoms with Gasteiger partial charge in [-0.1, -0.05) is 30.3 Å². The maximum absolute atomic E-state index is 14.2. The Labute approximate surface area is 133 Å². The minimum atomic E-state index is -1.08. The van der Waals surface area contributed by atoms with Crippen LogP contribution in [-0.4, -0.2) is 40.6 Å². The maximum Gasteiger partial charge on any atom is 0.408 e. The normalized spacial score (nSPS) is 26.3. The van der Waals surface area contributed by atoms with E-state index < -0.39 is 23.9 Å². The van der Waals surface area contributed by atoms with Crippen molar-refractivity contribution in [1.29, 1.82) is 0 Å². The van der Waals surface area contributed by atoms with Crippen molar-refractivity contribution in [1.82, 2.24) is 10.2 Å². The molecule has 6 heteroatoms. The minimum absolute atomic E-state index is 0.0327. The first-order valence-electron chi connectivity index (χ1n) is 7.68. The molecule has 1 saturated carbocycles. The van der Waals surface area contributed by atoms with E-state index in [1.807, 2.05) is 18.2 Å². The monoisotopic (exact) mass is 318 g/mol. The Balaban J connectivity index is 1.62. The molecule has 1 aliphatic carbocycles. The lowest BCUT2D eigenvalue weighted by molar-refractivity contribution is -0.125. The van der Waals surface area contributed by atoms with Gasteiger partial charge in [-0.15, -0.1) is 0 Å². The van der Waals surface area contributed by atoms with Crippen molar-refractivity contribution < 1.29 is 19.1 Å². The molecule has 0 radical (unpaired) electrons. The molecule has 2 fully saturated rings. The van der Waals surface area contributed by atoms with Gasteiger partial charge < -0.3 is 10.4 Å². The van der Waals surface area contributed by atoms with Gasteiger partial charge in [-0.25, -0.2) is 9.18 Å². The van der Waals surface area contributed by atoms with Crippen molar-refractivity contribution >= 4 is 17.6 Å². The van der Waals surface area contributed by atoms with E-state index in [2.05, 4.69) is 5.32 Å². The summed E-state index contributed by atoms with van der Waals surface area (Å²) >= 11 is 0. The molecule has 1 heterocycles. The van der Waals surface area contributed by atoms with Crippen LogP contribution in [-0.2, 0) is 4.79 Å². The third-order valence-electron chi connectivity index (χ3n) is 4.66. The number of hydrogen-bond acceptors (Lipinski definition) is 2. The average molecular weight is 318 g/mol. The molecule has 1 aromatic carbocycles. The highest BCUT2D eigenvalue weighted by Crippen LogP contribution is 2.47. The number of piperidine rings is 1. The summed E-state index contributed by atoms with van der Waals surface area (Å²) in [6.45, 7) is 1.43. The van der Waals surface area contributed by atoms with Crippen molar-refractivity contribution in [2.45, 2.75) is 31.8 Å². The molecular weight excluding hydrogens is 299 g/mol. The molecule has 5 nitrogen and oxygen atoms in total. The molecule has 0 spiro atoms. The minimum Gasteiger partial charge on any atom is -0.465 e. The largest absolute Gasteiger partial charge is 0.465 e. The fraction of sp³-hybridized carbons (Fsp3) is 0.412. The molecule has 1 saturated heterocycles. The predicted octanol–water partition coefficient (Wildman–Crippen LogP) is 2.64. The number of likely N-dealkylation sites (tertiary alicyclic amines) is 1. The van der Waals surface area contributed by atoms with Gasteiger partial charge in [-0.3, -0.25) is 9.69 Å². The zero-order valence-electron chi connectivity index (χ0n) is 12.8. The van der Waals surface area contributed by atoms with Crippen LogP contribution in [0.5, 0.6) is 0 Å².